The maximum Gasteiger partial charge on any atom is 0.259 e. The molecular formula is C25H22Br2N4O2. The van der Waals surface area contributed by atoms with Crippen LogP contribution in [0.2, 0.25) is 0 Å². The van der Waals surface area contributed by atoms with Crippen molar-refractivity contribution in [3.63, 3.8) is 0 Å². The summed E-state index contributed by atoms with van der Waals surface area (Å²) >= 11 is 7.08. The molecular weight excluding hydrogens is 548 g/mol. The molecule has 1 aliphatic rings. The first-order valence-corrected chi connectivity index (χ1v) is 12.2. The van der Waals surface area contributed by atoms with Crippen LogP contribution in [0.3, 0.4) is 0 Å². The lowest BCUT2D eigenvalue weighted by Gasteiger charge is -2.10. The number of aromatic nitrogens is 2. The van der Waals surface area contributed by atoms with Gasteiger partial charge in [-0.15, -0.1) is 0 Å². The molecule has 2 aromatic carbocycles. The van der Waals surface area contributed by atoms with Crippen molar-refractivity contribution >= 4 is 76.6 Å². The average Bonchev–Trinajstić information content (AvgIpc) is 3.40. The van der Waals surface area contributed by atoms with Crippen LogP contribution in [0.4, 0.5) is 0 Å². The molecule has 33 heavy (non-hydrogen) atoms. The Morgan fingerprint density at radius 2 is 1.58 bits per heavy atom. The molecule has 5 rings (SSSR count). The number of carbonyl (C=O) groups excluding carboxylic acids is 2. The van der Waals surface area contributed by atoms with Gasteiger partial charge >= 0.3 is 0 Å². The minimum atomic E-state index is -0.376. The van der Waals surface area contributed by atoms with E-state index in [4.69, 9.17) is 0 Å². The van der Waals surface area contributed by atoms with Gasteiger partial charge in [0.1, 0.15) is 0 Å². The van der Waals surface area contributed by atoms with Gasteiger partial charge in [0.15, 0.2) is 0 Å². The van der Waals surface area contributed by atoms with Gasteiger partial charge in [-0.05, 0) is 63.5 Å². The summed E-state index contributed by atoms with van der Waals surface area (Å²) in [6, 6.07) is 11.9. The van der Waals surface area contributed by atoms with Gasteiger partial charge in [0.2, 0.25) is 0 Å². The summed E-state index contributed by atoms with van der Waals surface area (Å²) in [6.07, 6.45) is 4.78. The summed E-state index contributed by atoms with van der Waals surface area (Å²) in [4.78, 5) is 31.5. The lowest BCUT2D eigenvalue weighted by molar-refractivity contribution is -0.122. The van der Waals surface area contributed by atoms with E-state index >= 15 is 0 Å². The highest BCUT2D eigenvalue weighted by Crippen LogP contribution is 2.39. The number of amides is 2. The molecule has 0 saturated heterocycles. The highest BCUT2D eigenvalue weighted by atomic mass is 79.9. The molecule has 1 aliphatic heterocycles. The van der Waals surface area contributed by atoms with E-state index in [2.05, 4.69) is 71.8 Å². The van der Waals surface area contributed by atoms with Crippen molar-refractivity contribution in [2.45, 2.75) is 13.0 Å². The Labute approximate surface area is 207 Å². The summed E-state index contributed by atoms with van der Waals surface area (Å²) < 4.78 is 4.00. The highest BCUT2D eigenvalue weighted by Gasteiger charge is 2.35. The molecule has 0 radical (unpaired) electrons. The van der Waals surface area contributed by atoms with Crippen LogP contribution < -0.4 is 5.32 Å². The van der Waals surface area contributed by atoms with E-state index in [0.29, 0.717) is 16.7 Å². The van der Waals surface area contributed by atoms with Gasteiger partial charge in [-0.2, -0.15) is 0 Å². The number of H-pyrrole nitrogens is 1. The highest BCUT2D eigenvalue weighted by molar-refractivity contribution is 9.10. The maximum absolute atomic E-state index is 13.1. The fourth-order valence-electron chi connectivity index (χ4n) is 4.48. The van der Waals surface area contributed by atoms with Gasteiger partial charge in [-0.1, -0.05) is 31.9 Å². The molecule has 2 amide bonds. The van der Waals surface area contributed by atoms with Gasteiger partial charge in [-0.3, -0.25) is 14.9 Å². The SMILES string of the molecule is CN(C)CCCn1cc(C2=C(c3c[nH]c4ccc(Br)cc34)C(=O)NC2=O)c2cc(Br)ccc21. The number of halogens is 2. The molecule has 0 atom stereocenters. The zero-order valence-corrected chi connectivity index (χ0v) is 21.4. The topological polar surface area (TPSA) is 70.1 Å². The smallest absolute Gasteiger partial charge is 0.259 e. The molecule has 2 N–H and O–H groups in total. The van der Waals surface area contributed by atoms with E-state index < -0.39 is 0 Å². The zero-order chi connectivity index (χ0) is 23.3. The summed E-state index contributed by atoms with van der Waals surface area (Å²) in [7, 11) is 4.11. The summed E-state index contributed by atoms with van der Waals surface area (Å²) in [5.74, 6) is -0.744. The van der Waals surface area contributed by atoms with E-state index in [-0.39, 0.29) is 11.8 Å². The molecule has 2 aromatic heterocycles. The Bertz CT molecular complexity index is 1460. The summed E-state index contributed by atoms with van der Waals surface area (Å²) in [5.41, 5.74) is 4.23. The first kappa shape index (κ1) is 22.1. The van der Waals surface area contributed by atoms with Crippen LogP contribution in [0.25, 0.3) is 33.0 Å². The molecule has 0 bridgehead atoms. The minimum absolute atomic E-state index is 0.369. The fraction of sp³-hybridized carbons (Fsp3) is 0.200. The van der Waals surface area contributed by atoms with Crippen molar-refractivity contribution in [2.75, 3.05) is 20.6 Å². The molecule has 4 aromatic rings. The predicted molar refractivity (Wildman–Crippen MR) is 139 cm³/mol. The third kappa shape index (κ3) is 3.96. The number of aryl methyl sites for hydroxylation is 1. The predicted octanol–water partition coefficient (Wildman–Crippen LogP) is 5.17. The van der Waals surface area contributed by atoms with Crippen LogP contribution in [-0.4, -0.2) is 46.9 Å². The monoisotopic (exact) mass is 568 g/mol. The Morgan fingerprint density at radius 3 is 2.30 bits per heavy atom. The van der Waals surface area contributed by atoms with Crippen molar-refractivity contribution in [1.29, 1.82) is 0 Å². The molecule has 0 aliphatic carbocycles. The average molecular weight is 570 g/mol. The Balaban J connectivity index is 1.73. The third-order valence-corrected chi connectivity index (χ3v) is 6.95. The second-order valence-corrected chi connectivity index (χ2v) is 10.3. The zero-order valence-electron chi connectivity index (χ0n) is 18.2. The molecule has 0 spiro atoms. The summed E-state index contributed by atoms with van der Waals surface area (Å²) in [5, 5.41) is 4.35. The molecule has 0 saturated carbocycles. The van der Waals surface area contributed by atoms with Gasteiger partial charge in [0, 0.05) is 60.8 Å². The van der Waals surface area contributed by atoms with Crippen molar-refractivity contribution < 1.29 is 9.59 Å². The van der Waals surface area contributed by atoms with Crippen LogP contribution in [-0.2, 0) is 16.1 Å². The first-order valence-electron chi connectivity index (χ1n) is 10.6. The number of benzene rings is 2. The standard InChI is InChI=1S/C25H22Br2N4O2/c1-30(2)8-3-9-31-13-19(17-11-15(27)5-7-21(17)31)23-22(24(32)29-25(23)33)18-12-28-20-6-4-14(26)10-16(18)20/h4-7,10-13,28H,3,8-9H2,1-2H3,(H,29,32,33). The van der Waals surface area contributed by atoms with Crippen molar-refractivity contribution in [3.05, 3.63) is 68.9 Å². The van der Waals surface area contributed by atoms with Gasteiger partial charge < -0.3 is 14.5 Å². The molecule has 3 heterocycles. The first-order chi connectivity index (χ1) is 15.8. The Morgan fingerprint density at radius 1 is 0.909 bits per heavy atom. The van der Waals surface area contributed by atoms with E-state index in [9.17, 15) is 9.59 Å². The van der Waals surface area contributed by atoms with E-state index in [1.807, 2.05) is 36.5 Å². The number of hydrogen-bond acceptors (Lipinski definition) is 3. The minimum Gasteiger partial charge on any atom is -0.361 e. The number of imide groups is 1. The van der Waals surface area contributed by atoms with E-state index in [0.717, 1.165) is 55.8 Å². The molecule has 168 valence electrons. The number of carbonyl (C=O) groups is 2. The van der Waals surface area contributed by atoms with Crippen molar-refractivity contribution in [3.8, 4) is 0 Å². The Hall–Kier alpha value is -2.68. The largest absolute Gasteiger partial charge is 0.361 e. The summed E-state index contributed by atoms with van der Waals surface area (Å²) in [6.45, 7) is 1.77. The lowest BCUT2D eigenvalue weighted by Crippen LogP contribution is -2.22. The maximum atomic E-state index is 13.1. The van der Waals surface area contributed by atoms with Crippen LogP contribution >= 0.6 is 31.9 Å². The Kier molecular flexibility index (Phi) is 5.76. The molecule has 6 nitrogen and oxygen atoms in total. The van der Waals surface area contributed by atoms with E-state index in [1.165, 1.54) is 0 Å². The number of nitrogens with zero attached hydrogens (tertiary/aromatic N) is 2. The quantitative estimate of drug-likeness (QED) is 0.315. The normalized spacial score (nSPS) is 14.3. The van der Waals surface area contributed by atoms with Crippen LogP contribution in [0, 0.1) is 0 Å². The van der Waals surface area contributed by atoms with Gasteiger partial charge in [0.25, 0.3) is 11.8 Å². The number of fused-ring (bicyclic) bond motifs is 2. The van der Waals surface area contributed by atoms with E-state index in [1.54, 1.807) is 6.20 Å². The number of rotatable bonds is 6. The van der Waals surface area contributed by atoms with Gasteiger partial charge in [-0.25, -0.2) is 0 Å². The van der Waals surface area contributed by atoms with Gasteiger partial charge in [0.05, 0.1) is 11.1 Å². The molecule has 8 heteroatoms. The van der Waals surface area contributed by atoms with Crippen LogP contribution in [0.15, 0.2) is 57.7 Å². The second kappa shape index (κ2) is 8.59. The fourth-order valence-corrected chi connectivity index (χ4v) is 5.20. The number of aromatic amines is 1. The van der Waals surface area contributed by atoms with Crippen molar-refractivity contribution in [1.82, 2.24) is 19.8 Å². The molecule has 0 fully saturated rings. The third-order valence-electron chi connectivity index (χ3n) is 5.96. The van der Waals surface area contributed by atoms with Crippen LogP contribution in [0.5, 0.6) is 0 Å². The number of hydrogen-bond donors (Lipinski definition) is 2. The second-order valence-electron chi connectivity index (χ2n) is 8.48. The lowest BCUT2D eigenvalue weighted by atomic mass is 9.95. The molecule has 0 unspecified atom stereocenters. The number of nitrogens with one attached hydrogen (secondary N) is 2. The van der Waals surface area contributed by atoms with Crippen molar-refractivity contribution in [2.24, 2.45) is 0 Å². The van der Waals surface area contributed by atoms with Crippen LogP contribution in [0.1, 0.15) is 17.5 Å².